The first-order valence-electron chi connectivity index (χ1n) is 12.3. The highest BCUT2D eigenvalue weighted by Gasteiger charge is 2.15. The average Bonchev–Trinajstić information content (AvgIpc) is 2.97. The topological polar surface area (TPSA) is 215 Å². The maximum atomic E-state index is 11.5. The minimum absolute atomic E-state index is 0.129. The number of ether oxygens (including phenoxy) is 1. The standard InChI is InChI=1S/C28H23ClN6O8S/c1-15-11-23(25(43-2)14-22(15)35-34-19-7-9-21(29)26(13-19)44(40,41)42)31-28(39)30-16-3-5-17(6-4-16)32-33-18-8-10-24(36)20(12-18)27(37)38/h3-14,36H,1-2H3,(H,37,38)(H2,30,31,39)(H,40,41,42). The number of methoxy groups -OCH3 is 1. The van der Waals surface area contributed by atoms with E-state index in [1.54, 1.807) is 37.3 Å². The first-order valence-corrected chi connectivity index (χ1v) is 14.2. The lowest BCUT2D eigenvalue weighted by Crippen LogP contribution is -2.10. The third kappa shape index (κ3) is 7.91. The molecule has 0 saturated heterocycles. The maximum absolute atomic E-state index is 11.5. The van der Waals surface area contributed by atoms with Gasteiger partial charge in [-0.25, -0.2) is 4.79 Å². The lowest BCUT2D eigenvalue weighted by Gasteiger charge is -2.09. The summed E-state index contributed by atoms with van der Waals surface area (Å²) in [4.78, 5) is 14.8. The van der Waals surface area contributed by atoms with Gasteiger partial charge in [-0.2, -0.15) is 33.9 Å². The summed E-state index contributed by atoms with van der Waals surface area (Å²) in [5.74, 6) is -1.42. The van der Waals surface area contributed by atoms with Crippen LogP contribution in [0.3, 0.4) is 0 Å². The maximum Gasteiger partial charge on any atom is 0.339 e. The van der Waals surface area contributed by atoms with Crippen molar-refractivity contribution in [1.82, 2.24) is 0 Å². The van der Waals surface area contributed by atoms with Crippen molar-refractivity contribution in [2.24, 2.45) is 25.4 Å². The molecule has 226 valence electrons. The van der Waals surface area contributed by atoms with Gasteiger partial charge in [0.25, 0.3) is 16.1 Å². The molecular weight excluding hydrogens is 616 g/mol. The highest BCUT2D eigenvalue weighted by atomic mass is 35.5. The second-order valence-corrected chi connectivity index (χ2v) is 10.7. The van der Waals surface area contributed by atoms with Crippen molar-refractivity contribution in [2.75, 3.05) is 12.4 Å². The van der Waals surface area contributed by atoms with Gasteiger partial charge in [-0.05, 0) is 79.2 Å². The Hall–Kier alpha value is -5.38. The molecule has 5 N–H and O–H groups in total. The molecule has 0 spiro atoms. The van der Waals surface area contributed by atoms with Crippen molar-refractivity contribution in [3.05, 3.63) is 88.9 Å². The number of aliphatic hydroxyl groups excluding tert-OH is 1. The summed E-state index contributed by atoms with van der Waals surface area (Å²) < 4.78 is 37.7. The number of azo groups is 2. The minimum Gasteiger partial charge on any atom is -0.507 e. The molecule has 0 atom stereocenters. The van der Waals surface area contributed by atoms with Gasteiger partial charge in [-0.15, -0.1) is 0 Å². The fourth-order valence-electron chi connectivity index (χ4n) is 3.64. The number of nitrogens with zero attached hydrogens (tertiary/aromatic N) is 5. The SMILES string of the molecule is COc1cc(N=Nc2ccc(Cl)c(S(=O)(=O)O)c2)c(C)cc1N=C(O)Nc1ccc(N=Nc2ccc(O)c(C(=O)O)c2)cc1. The van der Waals surface area contributed by atoms with Crippen molar-refractivity contribution in [1.29, 1.82) is 0 Å². The summed E-state index contributed by atoms with van der Waals surface area (Å²) in [5, 5.41) is 47.9. The minimum atomic E-state index is -4.55. The monoisotopic (exact) mass is 638 g/mol. The molecule has 0 aliphatic heterocycles. The Bertz CT molecular complexity index is 1930. The van der Waals surface area contributed by atoms with Crippen LogP contribution >= 0.6 is 11.6 Å². The smallest absolute Gasteiger partial charge is 0.339 e. The molecule has 0 saturated carbocycles. The van der Waals surface area contributed by atoms with Crippen LogP contribution in [0.25, 0.3) is 0 Å². The number of rotatable bonds is 9. The van der Waals surface area contributed by atoms with Crippen LogP contribution < -0.4 is 10.1 Å². The number of aliphatic imine (C=N–C) groups is 1. The van der Waals surface area contributed by atoms with E-state index in [1.165, 1.54) is 43.5 Å². The number of anilines is 1. The number of halogens is 1. The molecule has 0 aromatic heterocycles. The third-order valence-corrected chi connectivity index (χ3v) is 7.14. The van der Waals surface area contributed by atoms with E-state index < -0.39 is 27.0 Å². The number of carbonyl (C=O) groups is 1. The number of aryl methyl sites for hydroxylation is 1. The molecule has 0 aliphatic carbocycles. The summed E-state index contributed by atoms with van der Waals surface area (Å²) in [6.07, 6.45) is 0. The first kappa shape index (κ1) is 31.6. The molecule has 0 fully saturated rings. The van der Waals surface area contributed by atoms with Gasteiger partial charge in [0.15, 0.2) is 0 Å². The van der Waals surface area contributed by atoms with Crippen LogP contribution in [0.15, 0.2) is 103 Å². The number of aliphatic hydroxyl groups is 1. The van der Waals surface area contributed by atoms with Crippen LogP contribution in [-0.4, -0.2) is 47.4 Å². The largest absolute Gasteiger partial charge is 0.507 e. The van der Waals surface area contributed by atoms with E-state index in [0.717, 1.165) is 6.07 Å². The molecule has 0 unspecified atom stereocenters. The van der Waals surface area contributed by atoms with Crippen molar-refractivity contribution < 1.29 is 37.8 Å². The van der Waals surface area contributed by atoms with Crippen LogP contribution in [-0.2, 0) is 10.1 Å². The van der Waals surface area contributed by atoms with Gasteiger partial charge in [0.05, 0.1) is 34.9 Å². The van der Waals surface area contributed by atoms with Crippen molar-refractivity contribution in [3.63, 3.8) is 0 Å². The summed E-state index contributed by atoms with van der Waals surface area (Å²) in [6, 6.07) is 16.7. The Morgan fingerprint density at radius 1 is 0.841 bits per heavy atom. The van der Waals surface area contributed by atoms with Crippen LogP contribution in [0.4, 0.5) is 34.1 Å². The summed E-state index contributed by atoms with van der Waals surface area (Å²) in [7, 11) is -3.14. The van der Waals surface area contributed by atoms with Gasteiger partial charge >= 0.3 is 5.97 Å². The zero-order valence-electron chi connectivity index (χ0n) is 22.9. The van der Waals surface area contributed by atoms with E-state index in [1.807, 2.05) is 0 Å². The van der Waals surface area contributed by atoms with E-state index in [0.29, 0.717) is 22.6 Å². The molecular formula is C28H23ClN6O8S. The van der Waals surface area contributed by atoms with E-state index >= 15 is 0 Å². The molecule has 0 radical (unpaired) electrons. The number of carboxylic acids is 1. The van der Waals surface area contributed by atoms with Gasteiger partial charge in [-0.3, -0.25) is 4.55 Å². The van der Waals surface area contributed by atoms with Crippen LogP contribution in [0.1, 0.15) is 15.9 Å². The molecule has 4 aromatic carbocycles. The highest BCUT2D eigenvalue weighted by Crippen LogP contribution is 2.36. The number of hydrogen-bond acceptors (Lipinski definition) is 10. The van der Waals surface area contributed by atoms with Gasteiger partial charge < -0.3 is 25.4 Å². The Kier molecular flexibility index (Phi) is 9.53. The normalized spacial score (nSPS) is 12.1. The number of carboxylic acid groups (broad SMARTS) is 1. The molecule has 0 amide bonds. The van der Waals surface area contributed by atoms with Gasteiger partial charge in [0.2, 0.25) is 0 Å². The Morgan fingerprint density at radius 2 is 1.45 bits per heavy atom. The molecule has 4 aromatic rings. The number of nitrogens with one attached hydrogen (secondary N) is 1. The highest BCUT2D eigenvalue weighted by molar-refractivity contribution is 7.86. The van der Waals surface area contributed by atoms with Gasteiger partial charge in [0.1, 0.15) is 27.6 Å². The third-order valence-electron chi connectivity index (χ3n) is 5.80. The number of phenols is 1. The summed E-state index contributed by atoms with van der Waals surface area (Å²) in [6.45, 7) is 1.72. The lowest BCUT2D eigenvalue weighted by molar-refractivity contribution is 0.0693. The zero-order chi connectivity index (χ0) is 32.0. The number of benzene rings is 4. The molecule has 0 aliphatic rings. The van der Waals surface area contributed by atoms with Crippen LogP contribution in [0, 0.1) is 6.92 Å². The van der Waals surface area contributed by atoms with E-state index in [2.05, 4.69) is 30.8 Å². The van der Waals surface area contributed by atoms with Crippen molar-refractivity contribution in [3.8, 4) is 11.5 Å². The molecule has 0 heterocycles. The molecule has 4 rings (SSSR count). The molecule has 44 heavy (non-hydrogen) atoms. The quantitative estimate of drug-likeness (QED) is 0.0522. The van der Waals surface area contributed by atoms with Crippen LogP contribution in [0.5, 0.6) is 11.5 Å². The Morgan fingerprint density at radius 3 is 2.11 bits per heavy atom. The van der Waals surface area contributed by atoms with E-state index in [4.69, 9.17) is 21.4 Å². The number of aromatic hydroxyl groups is 1. The zero-order valence-corrected chi connectivity index (χ0v) is 24.4. The number of aromatic carboxylic acids is 1. The van der Waals surface area contributed by atoms with Gasteiger partial charge in [0, 0.05) is 11.8 Å². The summed E-state index contributed by atoms with van der Waals surface area (Å²) >= 11 is 5.83. The lowest BCUT2D eigenvalue weighted by atomic mass is 10.1. The average molecular weight is 639 g/mol. The van der Waals surface area contributed by atoms with Crippen LogP contribution in [0.2, 0.25) is 5.02 Å². The number of hydrogen-bond donors (Lipinski definition) is 5. The predicted molar refractivity (Wildman–Crippen MR) is 162 cm³/mol. The van der Waals surface area contributed by atoms with Crippen molar-refractivity contribution >= 4 is 67.8 Å². The van der Waals surface area contributed by atoms with Gasteiger partial charge in [-0.1, -0.05) is 11.6 Å². The predicted octanol–water partition coefficient (Wildman–Crippen LogP) is 7.80. The molecule has 0 bridgehead atoms. The first-order chi connectivity index (χ1) is 20.8. The van der Waals surface area contributed by atoms with Crippen molar-refractivity contribution in [2.45, 2.75) is 11.8 Å². The second kappa shape index (κ2) is 13.3. The van der Waals surface area contributed by atoms with E-state index in [-0.39, 0.29) is 39.1 Å². The van der Waals surface area contributed by atoms with E-state index in [9.17, 15) is 28.0 Å². The summed E-state index contributed by atoms with van der Waals surface area (Å²) in [5.41, 5.74) is 2.22. The molecule has 16 heteroatoms. The molecule has 14 nitrogen and oxygen atoms in total. The fourth-order valence-corrected chi connectivity index (χ4v) is 4.63. The Labute approximate surface area is 255 Å². The fraction of sp³-hybridized carbons (Fsp3) is 0.0714. The second-order valence-electron chi connectivity index (χ2n) is 8.91. The Balaban J connectivity index is 1.48. The number of amidine groups is 1.